The molecule has 5 rings (SSSR count). The average molecular weight is 425 g/mol. The van der Waals surface area contributed by atoms with E-state index in [1.807, 2.05) is 35.7 Å². The van der Waals surface area contributed by atoms with E-state index in [9.17, 15) is 4.79 Å². The Balaban J connectivity index is 1.31. The summed E-state index contributed by atoms with van der Waals surface area (Å²) in [6, 6.07) is 4.25. The number of piperidine rings is 1. The molecule has 158 valence electrons. The molecule has 1 saturated heterocycles. The van der Waals surface area contributed by atoms with Crippen LogP contribution in [0.2, 0.25) is 0 Å². The van der Waals surface area contributed by atoms with Gasteiger partial charge in [-0.15, -0.1) is 11.3 Å². The summed E-state index contributed by atoms with van der Waals surface area (Å²) in [5.41, 5.74) is 6.50. The summed E-state index contributed by atoms with van der Waals surface area (Å²) in [4.78, 5) is 22.4. The van der Waals surface area contributed by atoms with Gasteiger partial charge in [-0.3, -0.25) is 19.3 Å². The fourth-order valence-electron chi connectivity index (χ4n) is 5.10. The van der Waals surface area contributed by atoms with Crippen LogP contribution in [0.15, 0.2) is 40.2 Å². The smallest absolute Gasteiger partial charge is 0.255 e. The Kier molecular flexibility index (Phi) is 5.30. The molecule has 0 aromatic carbocycles. The predicted molar refractivity (Wildman–Crippen MR) is 117 cm³/mol. The van der Waals surface area contributed by atoms with Gasteiger partial charge < -0.3 is 4.57 Å². The summed E-state index contributed by atoms with van der Waals surface area (Å²) < 4.78 is 3.87. The fourth-order valence-corrected chi connectivity index (χ4v) is 5.65. The fraction of sp³-hybridized carbons (Fsp3) is 0.500. The first kappa shape index (κ1) is 19.7. The highest BCUT2D eigenvalue weighted by atomic mass is 32.1. The largest absolute Gasteiger partial charge is 0.312 e. The number of aryl methyl sites for hydroxylation is 1. The Bertz CT molecular complexity index is 1070. The first-order valence-corrected chi connectivity index (χ1v) is 11.5. The van der Waals surface area contributed by atoms with Gasteiger partial charge in [0.1, 0.15) is 0 Å². The van der Waals surface area contributed by atoms with Gasteiger partial charge in [0.05, 0.1) is 17.4 Å². The van der Waals surface area contributed by atoms with Gasteiger partial charge in [-0.25, -0.2) is 4.98 Å². The highest BCUT2D eigenvalue weighted by Gasteiger charge is 2.35. The molecule has 8 heteroatoms. The van der Waals surface area contributed by atoms with Crippen molar-refractivity contribution >= 4 is 11.3 Å². The van der Waals surface area contributed by atoms with Crippen LogP contribution >= 0.6 is 11.3 Å². The maximum atomic E-state index is 13.3. The zero-order valence-electron chi connectivity index (χ0n) is 17.6. The van der Waals surface area contributed by atoms with Gasteiger partial charge in [-0.1, -0.05) is 6.07 Å². The summed E-state index contributed by atoms with van der Waals surface area (Å²) in [5.74, 6) is 0.974. The second-order valence-electron chi connectivity index (χ2n) is 8.87. The maximum absolute atomic E-state index is 13.3. The van der Waals surface area contributed by atoms with E-state index in [4.69, 9.17) is 0 Å². The lowest BCUT2D eigenvalue weighted by molar-refractivity contribution is 0.113. The molecule has 0 saturated carbocycles. The van der Waals surface area contributed by atoms with E-state index < -0.39 is 0 Å². The molecule has 5 heterocycles. The van der Waals surface area contributed by atoms with Crippen molar-refractivity contribution in [1.29, 1.82) is 0 Å². The molecule has 2 aliphatic rings. The quantitative estimate of drug-likeness (QED) is 0.608. The van der Waals surface area contributed by atoms with Crippen molar-refractivity contribution in [3.63, 3.8) is 0 Å². The van der Waals surface area contributed by atoms with Gasteiger partial charge >= 0.3 is 0 Å². The first-order chi connectivity index (χ1) is 14.5. The van der Waals surface area contributed by atoms with Crippen LogP contribution in [0.5, 0.6) is 0 Å². The summed E-state index contributed by atoms with van der Waals surface area (Å²) in [5, 5.41) is 6.37. The van der Waals surface area contributed by atoms with Crippen molar-refractivity contribution in [2.45, 2.75) is 38.5 Å². The summed E-state index contributed by atoms with van der Waals surface area (Å²) >= 11 is 1.66. The Hall–Kier alpha value is -2.29. The van der Waals surface area contributed by atoms with Crippen molar-refractivity contribution in [3.05, 3.63) is 68.3 Å². The lowest BCUT2D eigenvalue weighted by Gasteiger charge is -2.42. The molecular formula is C22H28N6OS. The SMILES string of the molecule is CN(Cc1cnn(C)c1)Cc1ccc2n(c1=O)C[C@H]1C[C@@H]2CN(Cc2cscn2)C1. The summed E-state index contributed by atoms with van der Waals surface area (Å²) in [6.45, 7) is 5.24. The number of aromatic nitrogens is 4. The van der Waals surface area contributed by atoms with Gasteiger partial charge in [0.15, 0.2) is 0 Å². The summed E-state index contributed by atoms with van der Waals surface area (Å²) in [6.07, 6.45) is 5.09. The van der Waals surface area contributed by atoms with Crippen molar-refractivity contribution in [1.82, 2.24) is 29.1 Å². The molecule has 0 amide bonds. The zero-order valence-corrected chi connectivity index (χ0v) is 18.4. The van der Waals surface area contributed by atoms with Gasteiger partial charge in [0.2, 0.25) is 0 Å². The Morgan fingerprint density at radius 3 is 2.90 bits per heavy atom. The number of hydrogen-bond donors (Lipinski definition) is 0. The molecular weight excluding hydrogens is 396 g/mol. The van der Waals surface area contributed by atoms with Crippen LogP contribution in [-0.4, -0.2) is 49.3 Å². The van der Waals surface area contributed by atoms with Crippen molar-refractivity contribution < 1.29 is 0 Å². The minimum Gasteiger partial charge on any atom is -0.312 e. The molecule has 3 aromatic rings. The average Bonchev–Trinajstić information content (AvgIpc) is 3.36. The number of thiazole rings is 1. The van der Waals surface area contributed by atoms with E-state index >= 15 is 0 Å². The Labute approximate surface area is 180 Å². The Morgan fingerprint density at radius 2 is 2.13 bits per heavy atom. The third kappa shape index (κ3) is 3.99. The molecule has 0 radical (unpaired) electrons. The standard InChI is InChI=1S/C22H28N6OS/c1-25(7-17-6-24-26(2)8-17)11-18-3-4-21-19-5-16(10-28(21)22(18)29)9-27(12-19)13-20-14-30-15-23-20/h3-4,6,8,14-16,19H,5,7,9-13H2,1-2H3/t16-,19+/m0/s1. The monoisotopic (exact) mass is 424 g/mol. The van der Waals surface area contributed by atoms with Gasteiger partial charge in [-0.2, -0.15) is 5.10 Å². The van der Waals surface area contributed by atoms with Crippen LogP contribution in [0, 0.1) is 5.92 Å². The van der Waals surface area contributed by atoms with Crippen LogP contribution in [-0.2, 0) is 33.2 Å². The van der Waals surface area contributed by atoms with Gasteiger partial charge in [0, 0.05) is 80.6 Å². The minimum absolute atomic E-state index is 0.188. The minimum atomic E-state index is 0.188. The van der Waals surface area contributed by atoms with Gasteiger partial charge in [0.25, 0.3) is 5.56 Å². The molecule has 2 bridgehead atoms. The van der Waals surface area contributed by atoms with E-state index in [2.05, 4.69) is 42.9 Å². The van der Waals surface area contributed by atoms with Crippen LogP contribution in [0.1, 0.15) is 34.9 Å². The highest BCUT2D eigenvalue weighted by Crippen LogP contribution is 2.35. The van der Waals surface area contributed by atoms with Crippen molar-refractivity contribution in [2.75, 3.05) is 20.1 Å². The van der Waals surface area contributed by atoms with Crippen LogP contribution in [0.4, 0.5) is 0 Å². The third-order valence-electron chi connectivity index (χ3n) is 6.28. The van der Waals surface area contributed by atoms with Crippen molar-refractivity contribution in [3.8, 4) is 0 Å². The van der Waals surface area contributed by atoms with Gasteiger partial charge in [-0.05, 0) is 25.5 Å². The predicted octanol–water partition coefficient (Wildman–Crippen LogP) is 2.29. The number of pyridine rings is 1. The lowest BCUT2D eigenvalue weighted by Crippen LogP contribution is -2.47. The molecule has 2 atom stereocenters. The van der Waals surface area contributed by atoms with Crippen LogP contribution in [0.3, 0.4) is 0 Å². The second kappa shape index (κ2) is 8.09. The molecule has 2 aliphatic heterocycles. The third-order valence-corrected chi connectivity index (χ3v) is 6.91. The number of fused-ring (bicyclic) bond motifs is 4. The van der Waals surface area contributed by atoms with Crippen LogP contribution in [0.25, 0.3) is 0 Å². The number of nitrogens with zero attached hydrogens (tertiary/aromatic N) is 6. The molecule has 30 heavy (non-hydrogen) atoms. The number of hydrogen-bond acceptors (Lipinski definition) is 6. The Morgan fingerprint density at radius 1 is 1.23 bits per heavy atom. The molecule has 0 N–H and O–H groups in total. The highest BCUT2D eigenvalue weighted by molar-refractivity contribution is 7.07. The lowest BCUT2D eigenvalue weighted by atomic mass is 9.83. The van der Waals surface area contributed by atoms with E-state index in [1.165, 1.54) is 12.1 Å². The van der Waals surface area contributed by atoms with E-state index in [0.29, 0.717) is 18.4 Å². The van der Waals surface area contributed by atoms with E-state index in [1.54, 1.807) is 11.3 Å². The molecule has 3 aromatic heterocycles. The van der Waals surface area contributed by atoms with Crippen molar-refractivity contribution in [2.24, 2.45) is 13.0 Å². The number of likely N-dealkylation sites (tertiary alicyclic amines) is 1. The van der Waals surface area contributed by atoms with E-state index in [0.717, 1.165) is 49.5 Å². The first-order valence-electron chi connectivity index (χ1n) is 10.5. The van der Waals surface area contributed by atoms with Crippen LogP contribution < -0.4 is 5.56 Å². The normalized spacial score (nSPS) is 21.2. The molecule has 0 aliphatic carbocycles. The van der Waals surface area contributed by atoms with E-state index in [-0.39, 0.29) is 5.56 Å². The summed E-state index contributed by atoms with van der Waals surface area (Å²) in [7, 11) is 3.98. The number of rotatable bonds is 6. The zero-order chi connectivity index (χ0) is 20.7. The molecule has 1 fully saturated rings. The second-order valence-corrected chi connectivity index (χ2v) is 9.58. The molecule has 0 spiro atoms. The molecule has 7 nitrogen and oxygen atoms in total. The topological polar surface area (TPSA) is 59.2 Å². The molecule has 0 unspecified atom stereocenters. The maximum Gasteiger partial charge on any atom is 0.255 e.